The molecule has 0 spiro atoms. The summed E-state index contributed by atoms with van der Waals surface area (Å²) in [4.78, 5) is 26.9. The number of rotatable bonds is 4. The van der Waals surface area contributed by atoms with E-state index in [0.717, 1.165) is 15.1 Å². The van der Waals surface area contributed by atoms with Gasteiger partial charge in [-0.3, -0.25) is 9.59 Å². The summed E-state index contributed by atoms with van der Waals surface area (Å²) >= 11 is 7.47. The van der Waals surface area contributed by atoms with Gasteiger partial charge in [-0.25, -0.2) is 0 Å². The van der Waals surface area contributed by atoms with Crippen molar-refractivity contribution in [3.63, 3.8) is 0 Å². The first-order chi connectivity index (χ1) is 13.5. The van der Waals surface area contributed by atoms with E-state index in [1.807, 2.05) is 30.3 Å². The molecule has 0 aliphatic carbocycles. The first kappa shape index (κ1) is 18.3. The average molecular weight is 411 g/mol. The number of amides is 1. The Bertz CT molecular complexity index is 1220. The number of hydrogen-bond acceptors (Lipinski definition) is 5. The highest BCUT2D eigenvalue weighted by Crippen LogP contribution is 2.30. The Balaban J connectivity index is 1.67. The SMILES string of the molecule is CC(C(=O)Nc1ccccc1Cl)n1nnc2sc(-c3ccccc3)cc2c1=O. The Morgan fingerprint density at radius 1 is 1.14 bits per heavy atom. The lowest BCUT2D eigenvalue weighted by Crippen LogP contribution is -2.33. The molecule has 6 nitrogen and oxygen atoms in total. The second kappa shape index (κ2) is 7.53. The molecule has 28 heavy (non-hydrogen) atoms. The number of nitrogens with zero attached hydrogens (tertiary/aromatic N) is 3. The summed E-state index contributed by atoms with van der Waals surface area (Å²) in [6.07, 6.45) is 0. The molecule has 0 aliphatic heterocycles. The van der Waals surface area contributed by atoms with Crippen LogP contribution in [0.5, 0.6) is 0 Å². The van der Waals surface area contributed by atoms with Crippen LogP contribution in [-0.2, 0) is 4.79 Å². The van der Waals surface area contributed by atoms with E-state index in [1.165, 1.54) is 11.3 Å². The van der Waals surface area contributed by atoms with E-state index in [9.17, 15) is 9.59 Å². The fourth-order valence-corrected chi connectivity index (χ4v) is 3.93. The van der Waals surface area contributed by atoms with Crippen molar-refractivity contribution in [3.05, 3.63) is 76.0 Å². The molecular formula is C20H15ClN4O2S. The number of hydrogen-bond donors (Lipinski definition) is 1. The Labute approximate surface area is 169 Å². The first-order valence-corrected chi connectivity index (χ1v) is 9.74. The maximum absolute atomic E-state index is 12.9. The number of halogens is 1. The van der Waals surface area contributed by atoms with E-state index in [-0.39, 0.29) is 5.56 Å². The van der Waals surface area contributed by atoms with Crippen LogP contribution in [0.15, 0.2) is 65.5 Å². The first-order valence-electron chi connectivity index (χ1n) is 8.54. The van der Waals surface area contributed by atoms with Crippen molar-refractivity contribution < 1.29 is 4.79 Å². The third-order valence-corrected chi connectivity index (χ3v) is 5.72. The van der Waals surface area contributed by atoms with Gasteiger partial charge in [0.25, 0.3) is 5.56 Å². The van der Waals surface area contributed by atoms with Crippen LogP contribution in [0.25, 0.3) is 20.7 Å². The van der Waals surface area contributed by atoms with Crippen molar-refractivity contribution in [2.45, 2.75) is 13.0 Å². The molecule has 0 radical (unpaired) electrons. The molecule has 2 aromatic heterocycles. The lowest BCUT2D eigenvalue weighted by molar-refractivity contribution is -0.119. The van der Waals surface area contributed by atoms with Gasteiger partial charge in [-0.05, 0) is 30.7 Å². The molecule has 0 aliphatic rings. The summed E-state index contributed by atoms with van der Waals surface area (Å²) in [6.45, 7) is 1.60. The van der Waals surface area contributed by atoms with E-state index in [2.05, 4.69) is 15.6 Å². The summed E-state index contributed by atoms with van der Waals surface area (Å²) < 4.78 is 1.09. The topological polar surface area (TPSA) is 76.9 Å². The summed E-state index contributed by atoms with van der Waals surface area (Å²) in [6, 6.07) is 17.6. The molecule has 4 aromatic rings. The largest absolute Gasteiger partial charge is 0.323 e. The zero-order valence-corrected chi connectivity index (χ0v) is 16.4. The van der Waals surface area contributed by atoms with E-state index in [1.54, 1.807) is 37.3 Å². The predicted molar refractivity (Wildman–Crippen MR) is 112 cm³/mol. The molecule has 2 aromatic carbocycles. The van der Waals surface area contributed by atoms with Gasteiger partial charge in [0.2, 0.25) is 5.91 Å². The summed E-state index contributed by atoms with van der Waals surface area (Å²) in [5, 5.41) is 11.7. The second-order valence-corrected chi connectivity index (χ2v) is 7.62. The zero-order chi connectivity index (χ0) is 19.7. The van der Waals surface area contributed by atoms with Gasteiger partial charge in [0.15, 0.2) is 4.83 Å². The van der Waals surface area contributed by atoms with Crippen molar-refractivity contribution in [2.24, 2.45) is 0 Å². The number of carbonyl (C=O) groups is 1. The minimum atomic E-state index is -0.847. The molecule has 1 unspecified atom stereocenters. The second-order valence-electron chi connectivity index (χ2n) is 6.18. The number of anilines is 1. The maximum Gasteiger partial charge on any atom is 0.279 e. The Morgan fingerprint density at radius 3 is 2.61 bits per heavy atom. The normalized spacial score (nSPS) is 12.1. The molecule has 0 bridgehead atoms. The van der Waals surface area contributed by atoms with Gasteiger partial charge in [-0.15, -0.1) is 16.4 Å². The molecule has 8 heteroatoms. The van der Waals surface area contributed by atoms with Crippen molar-refractivity contribution in [3.8, 4) is 10.4 Å². The van der Waals surface area contributed by atoms with Crippen LogP contribution in [0.4, 0.5) is 5.69 Å². The maximum atomic E-state index is 12.9. The van der Waals surface area contributed by atoms with Gasteiger partial charge >= 0.3 is 0 Å². The van der Waals surface area contributed by atoms with Crippen LogP contribution >= 0.6 is 22.9 Å². The van der Waals surface area contributed by atoms with E-state index < -0.39 is 11.9 Å². The summed E-state index contributed by atoms with van der Waals surface area (Å²) in [5.74, 6) is -0.401. The molecule has 0 saturated carbocycles. The number of carbonyl (C=O) groups excluding carboxylic acids is 1. The zero-order valence-electron chi connectivity index (χ0n) is 14.8. The molecule has 1 amide bonds. The van der Waals surface area contributed by atoms with Crippen LogP contribution in [-0.4, -0.2) is 20.9 Å². The number of para-hydroxylation sites is 1. The van der Waals surface area contributed by atoms with Gasteiger partial charge in [0.1, 0.15) is 6.04 Å². The molecule has 0 fully saturated rings. The number of aromatic nitrogens is 3. The van der Waals surface area contributed by atoms with Gasteiger partial charge < -0.3 is 5.32 Å². The molecule has 2 heterocycles. The van der Waals surface area contributed by atoms with E-state index >= 15 is 0 Å². The van der Waals surface area contributed by atoms with Gasteiger partial charge in [-0.1, -0.05) is 59.3 Å². The summed E-state index contributed by atoms with van der Waals surface area (Å²) in [7, 11) is 0. The number of nitrogens with one attached hydrogen (secondary N) is 1. The summed E-state index contributed by atoms with van der Waals surface area (Å²) in [5.41, 5.74) is 1.12. The minimum absolute atomic E-state index is 0.356. The Hall–Kier alpha value is -3.03. The highest BCUT2D eigenvalue weighted by Gasteiger charge is 2.21. The predicted octanol–water partition coefficient (Wildman–Crippen LogP) is 4.37. The lowest BCUT2D eigenvalue weighted by atomic mass is 10.2. The third-order valence-electron chi connectivity index (χ3n) is 4.32. The van der Waals surface area contributed by atoms with Gasteiger partial charge in [-0.2, -0.15) is 4.68 Å². The van der Waals surface area contributed by atoms with Crippen LogP contribution in [0, 0.1) is 0 Å². The smallest absolute Gasteiger partial charge is 0.279 e. The average Bonchev–Trinajstić information content (AvgIpc) is 3.15. The standard InChI is InChI=1S/C20H15ClN4O2S/c1-12(18(26)22-16-10-6-5-9-15(16)21)25-20(27)14-11-17(28-19(14)23-24-25)13-7-3-2-4-8-13/h2-12H,1H3,(H,22,26). The van der Waals surface area contributed by atoms with Crippen molar-refractivity contribution in [1.82, 2.24) is 15.0 Å². The molecule has 0 saturated heterocycles. The number of benzene rings is 2. The number of thiophene rings is 1. The van der Waals surface area contributed by atoms with E-state index in [0.29, 0.717) is 20.9 Å². The van der Waals surface area contributed by atoms with E-state index in [4.69, 9.17) is 11.6 Å². The number of fused-ring (bicyclic) bond motifs is 1. The molecule has 1 atom stereocenters. The van der Waals surface area contributed by atoms with Crippen molar-refractivity contribution in [2.75, 3.05) is 5.32 Å². The quantitative estimate of drug-likeness (QED) is 0.541. The highest BCUT2D eigenvalue weighted by molar-refractivity contribution is 7.21. The van der Waals surface area contributed by atoms with Crippen molar-refractivity contribution in [1.29, 1.82) is 0 Å². The molecular weight excluding hydrogens is 396 g/mol. The van der Waals surface area contributed by atoms with Crippen molar-refractivity contribution >= 4 is 44.7 Å². The highest BCUT2D eigenvalue weighted by atomic mass is 35.5. The fraction of sp³-hybridized carbons (Fsp3) is 0.100. The molecule has 140 valence electrons. The van der Waals surface area contributed by atoms with Crippen LogP contribution in [0.3, 0.4) is 0 Å². The third kappa shape index (κ3) is 3.42. The monoisotopic (exact) mass is 410 g/mol. The Kier molecular flexibility index (Phi) is 4.93. The molecule has 4 rings (SSSR count). The van der Waals surface area contributed by atoms with Gasteiger partial charge in [0.05, 0.1) is 16.1 Å². The van der Waals surface area contributed by atoms with Gasteiger partial charge in [0, 0.05) is 4.88 Å². The lowest BCUT2D eigenvalue weighted by Gasteiger charge is -2.13. The van der Waals surface area contributed by atoms with Crippen LogP contribution < -0.4 is 10.9 Å². The fourth-order valence-electron chi connectivity index (χ4n) is 2.77. The minimum Gasteiger partial charge on any atom is -0.323 e. The van der Waals surface area contributed by atoms with Crippen LogP contribution in [0.1, 0.15) is 13.0 Å². The van der Waals surface area contributed by atoms with Crippen LogP contribution in [0.2, 0.25) is 5.02 Å². The Morgan fingerprint density at radius 2 is 1.86 bits per heavy atom. The molecule has 1 N–H and O–H groups in total.